The molecule has 0 saturated heterocycles. The third-order valence-corrected chi connectivity index (χ3v) is 3.01. The van der Waals surface area contributed by atoms with E-state index in [1.807, 2.05) is 18.2 Å². The molecule has 2 rings (SSSR count). The van der Waals surface area contributed by atoms with Crippen LogP contribution >= 0.6 is 0 Å². The van der Waals surface area contributed by atoms with E-state index in [0.717, 1.165) is 18.5 Å². The Morgan fingerprint density at radius 2 is 2.33 bits per heavy atom. The van der Waals surface area contributed by atoms with Crippen molar-refractivity contribution >= 4 is 5.69 Å². The number of hydrogen-bond donors (Lipinski definition) is 1. The summed E-state index contributed by atoms with van der Waals surface area (Å²) in [6.07, 6.45) is 0.523. The fourth-order valence-corrected chi connectivity index (χ4v) is 2.09. The molecule has 0 fully saturated rings. The van der Waals surface area contributed by atoms with Crippen molar-refractivity contribution in [2.45, 2.75) is 19.0 Å². The zero-order valence-corrected chi connectivity index (χ0v) is 9.04. The average molecular weight is 208 g/mol. The van der Waals surface area contributed by atoms with E-state index in [1.165, 1.54) is 11.3 Å². The number of likely N-dealkylation sites (N-methyl/N-ethyl adjacent to an activating group) is 1. The fraction of sp³-hybridized carbons (Fsp3) is 0.500. The number of anilines is 1. The lowest BCUT2D eigenvalue weighted by Crippen LogP contribution is -2.12. The molecule has 0 spiro atoms. The molecule has 1 aromatic rings. The van der Waals surface area contributed by atoms with Crippen LogP contribution in [0.5, 0.6) is 0 Å². The molecular formula is C12H17FN2. The Balaban J connectivity index is 2.23. The molecule has 2 nitrogen and oxygen atoms in total. The number of rotatable bonds is 3. The predicted octanol–water partition coefficient (Wildman–Crippen LogP) is 2.04. The monoisotopic (exact) mass is 208 g/mol. The molecule has 0 bridgehead atoms. The van der Waals surface area contributed by atoms with E-state index in [9.17, 15) is 4.39 Å². The topological polar surface area (TPSA) is 29.3 Å². The molecule has 82 valence electrons. The highest BCUT2D eigenvalue weighted by Gasteiger charge is 2.17. The van der Waals surface area contributed by atoms with Gasteiger partial charge in [0.05, 0.1) is 0 Å². The second-order valence-corrected chi connectivity index (χ2v) is 4.10. The zero-order valence-electron chi connectivity index (χ0n) is 9.04. The van der Waals surface area contributed by atoms with Crippen LogP contribution in [-0.4, -0.2) is 20.1 Å². The van der Waals surface area contributed by atoms with Crippen molar-refractivity contribution in [3.05, 3.63) is 29.3 Å². The van der Waals surface area contributed by atoms with E-state index in [4.69, 9.17) is 5.73 Å². The van der Waals surface area contributed by atoms with Gasteiger partial charge in [0.1, 0.15) is 6.17 Å². The number of fused-ring (bicyclic) bond motifs is 1. The smallest absolute Gasteiger partial charge is 0.126 e. The quantitative estimate of drug-likeness (QED) is 0.823. The molecule has 1 aliphatic rings. The Hall–Kier alpha value is -1.09. The van der Waals surface area contributed by atoms with Gasteiger partial charge in [-0.2, -0.15) is 0 Å². The number of alkyl halides is 1. The molecular weight excluding hydrogens is 191 g/mol. The normalized spacial score (nSPS) is 16.6. The van der Waals surface area contributed by atoms with Crippen LogP contribution in [0.15, 0.2) is 18.2 Å². The maximum atomic E-state index is 13.6. The predicted molar refractivity (Wildman–Crippen MR) is 60.9 cm³/mol. The second kappa shape index (κ2) is 4.19. The molecule has 1 heterocycles. The third kappa shape index (κ3) is 1.97. The minimum atomic E-state index is -0.911. The summed E-state index contributed by atoms with van der Waals surface area (Å²) in [5, 5.41) is 0. The highest BCUT2D eigenvalue weighted by atomic mass is 19.1. The number of benzene rings is 1. The lowest BCUT2D eigenvalue weighted by molar-refractivity contribution is 0.327. The summed E-state index contributed by atoms with van der Waals surface area (Å²) in [5.41, 5.74) is 8.62. The van der Waals surface area contributed by atoms with Crippen LogP contribution in [-0.2, 0) is 6.42 Å². The van der Waals surface area contributed by atoms with Crippen LogP contribution in [0.1, 0.15) is 23.7 Å². The van der Waals surface area contributed by atoms with E-state index in [1.54, 1.807) is 0 Å². The summed E-state index contributed by atoms with van der Waals surface area (Å²) >= 11 is 0. The van der Waals surface area contributed by atoms with Crippen molar-refractivity contribution in [1.29, 1.82) is 0 Å². The van der Waals surface area contributed by atoms with Gasteiger partial charge in [0.25, 0.3) is 0 Å². The summed E-state index contributed by atoms with van der Waals surface area (Å²) in [6.45, 7) is 1.44. The van der Waals surface area contributed by atoms with Crippen molar-refractivity contribution in [2.24, 2.45) is 5.73 Å². The maximum Gasteiger partial charge on any atom is 0.126 e. The lowest BCUT2D eigenvalue weighted by Gasteiger charge is -2.13. The van der Waals surface area contributed by atoms with E-state index in [0.29, 0.717) is 13.0 Å². The van der Waals surface area contributed by atoms with Crippen LogP contribution in [0.3, 0.4) is 0 Å². The van der Waals surface area contributed by atoms with Crippen LogP contribution in [0.4, 0.5) is 10.1 Å². The van der Waals surface area contributed by atoms with Gasteiger partial charge in [0.15, 0.2) is 0 Å². The first-order valence-electron chi connectivity index (χ1n) is 5.40. The van der Waals surface area contributed by atoms with Crippen molar-refractivity contribution in [2.75, 3.05) is 25.0 Å². The van der Waals surface area contributed by atoms with Gasteiger partial charge in [0, 0.05) is 19.3 Å². The zero-order chi connectivity index (χ0) is 10.8. The maximum absolute atomic E-state index is 13.6. The second-order valence-electron chi connectivity index (χ2n) is 4.10. The number of nitrogens with zero attached hydrogens (tertiary/aromatic N) is 1. The summed E-state index contributed by atoms with van der Waals surface area (Å²) in [7, 11) is 2.07. The first-order valence-corrected chi connectivity index (χ1v) is 5.40. The van der Waals surface area contributed by atoms with Crippen LogP contribution in [0.2, 0.25) is 0 Å². The van der Waals surface area contributed by atoms with Gasteiger partial charge >= 0.3 is 0 Å². The Morgan fingerprint density at radius 3 is 3.07 bits per heavy atom. The highest BCUT2D eigenvalue weighted by molar-refractivity contribution is 5.58. The van der Waals surface area contributed by atoms with Gasteiger partial charge in [-0.15, -0.1) is 0 Å². The summed E-state index contributed by atoms with van der Waals surface area (Å²) in [4.78, 5) is 2.20. The van der Waals surface area contributed by atoms with Crippen LogP contribution in [0, 0.1) is 0 Å². The van der Waals surface area contributed by atoms with Gasteiger partial charge in [-0.25, -0.2) is 4.39 Å². The average Bonchev–Trinajstić information content (AvgIpc) is 2.60. The molecule has 0 aliphatic carbocycles. The van der Waals surface area contributed by atoms with Gasteiger partial charge in [-0.3, -0.25) is 0 Å². The van der Waals surface area contributed by atoms with E-state index < -0.39 is 6.17 Å². The molecule has 3 heteroatoms. The third-order valence-electron chi connectivity index (χ3n) is 3.01. The van der Waals surface area contributed by atoms with Gasteiger partial charge in [0.2, 0.25) is 0 Å². The molecule has 0 saturated carbocycles. The van der Waals surface area contributed by atoms with Crippen molar-refractivity contribution in [3.8, 4) is 0 Å². The molecule has 2 N–H and O–H groups in total. The minimum Gasteiger partial charge on any atom is -0.374 e. The summed E-state index contributed by atoms with van der Waals surface area (Å²) in [5.74, 6) is 0. The lowest BCUT2D eigenvalue weighted by atomic mass is 10.0. The Labute approximate surface area is 89.9 Å². The largest absolute Gasteiger partial charge is 0.374 e. The molecule has 0 aromatic heterocycles. The number of halogens is 1. The van der Waals surface area contributed by atoms with Crippen LogP contribution < -0.4 is 10.6 Å². The number of hydrogen-bond acceptors (Lipinski definition) is 2. The molecule has 0 amide bonds. The van der Waals surface area contributed by atoms with Gasteiger partial charge in [-0.1, -0.05) is 12.1 Å². The van der Waals surface area contributed by atoms with E-state index in [2.05, 4.69) is 11.9 Å². The minimum absolute atomic E-state index is 0.401. The molecule has 1 unspecified atom stereocenters. The molecule has 1 aliphatic heterocycles. The number of nitrogens with two attached hydrogens (primary N) is 1. The van der Waals surface area contributed by atoms with E-state index in [-0.39, 0.29) is 0 Å². The fourth-order valence-electron chi connectivity index (χ4n) is 2.09. The first-order chi connectivity index (χ1) is 7.22. The van der Waals surface area contributed by atoms with Gasteiger partial charge in [-0.05, 0) is 36.6 Å². The first kappa shape index (κ1) is 10.4. The summed E-state index contributed by atoms with van der Waals surface area (Å²) in [6, 6.07) is 5.88. The van der Waals surface area contributed by atoms with E-state index >= 15 is 0 Å². The van der Waals surface area contributed by atoms with Crippen molar-refractivity contribution in [3.63, 3.8) is 0 Å². The van der Waals surface area contributed by atoms with Crippen LogP contribution in [0.25, 0.3) is 0 Å². The molecule has 1 aromatic carbocycles. The molecule has 0 radical (unpaired) electrons. The van der Waals surface area contributed by atoms with Crippen molar-refractivity contribution < 1.29 is 4.39 Å². The standard InChI is InChI=1S/C12H17FN2/c1-15-7-5-10-8-9(2-3-12(10)15)11(13)4-6-14/h2-3,8,11H,4-7,14H2,1H3. The van der Waals surface area contributed by atoms with Gasteiger partial charge < -0.3 is 10.6 Å². The molecule has 15 heavy (non-hydrogen) atoms. The Kier molecular flexibility index (Phi) is 2.91. The SMILES string of the molecule is CN1CCc2cc(C(F)CCN)ccc21. The summed E-state index contributed by atoms with van der Waals surface area (Å²) < 4.78 is 13.6. The van der Waals surface area contributed by atoms with Crippen molar-refractivity contribution in [1.82, 2.24) is 0 Å². The Bertz CT molecular complexity index is 351. The Morgan fingerprint density at radius 1 is 1.53 bits per heavy atom. The molecule has 1 atom stereocenters. The highest BCUT2D eigenvalue weighted by Crippen LogP contribution is 2.31.